The maximum Gasteiger partial charge on any atom is 0.271 e. The van der Waals surface area contributed by atoms with Crippen molar-refractivity contribution in [1.29, 1.82) is 0 Å². The van der Waals surface area contributed by atoms with Crippen LogP contribution in [0.5, 0.6) is 23.0 Å². The van der Waals surface area contributed by atoms with Gasteiger partial charge in [-0.15, -0.1) is 0 Å². The summed E-state index contributed by atoms with van der Waals surface area (Å²) in [5.74, 6) is 2.05. The molecule has 1 aliphatic heterocycles. The van der Waals surface area contributed by atoms with Crippen molar-refractivity contribution in [2.75, 3.05) is 13.4 Å². The SMILES string of the molecule is CCOc1cc(/C=N\NC(=O)c2ccc3c(c2)OCO3)cc(I)c1OCc1ccc(Cl)cc1. The Morgan fingerprint density at radius 3 is 2.70 bits per heavy atom. The molecule has 3 aromatic carbocycles. The first-order valence-corrected chi connectivity index (χ1v) is 11.6. The molecule has 0 aliphatic carbocycles. The number of hydrazone groups is 1. The summed E-state index contributed by atoms with van der Waals surface area (Å²) in [6, 6.07) is 16.2. The van der Waals surface area contributed by atoms with E-state index < -0.39 is 0 Å². The molecular formula is C24H20ClIN2O5. The maximum absolute atomic E-state index is 12.4. The van der Waals surface area contributed by atoms with Gasteiger partial charge in [-0.25, -0.2) is 5.43 Å². The smallest absolute Gasteiger partial charge is 0.271 e. The van der Waals surface area contributed by atoms with Crippen LogP contribution in [-0.2, 0) is 6.61 Å². The van der Waals surface area contributed by atoms with Crippen LogP contribution >= 0.6 is 34.2 Å². The predicted octanol–water partition coefficient (Wildman–Crippen LogP) is 5.41. The van der Waals surface area contributed by atoms with Crippen molar-refractivity contribution in [3.05, 3.63) is 79.9 Å². The van der Waals surface area contributed by atoms with Crippen molar-refractivity contribution in [2.24, 2.45) is 5.10 Å². The van der Waals surface area contributed by atoms with Gasteiger partial charge in [0.1, 0.15) is 6.61 Å². The van der Waals surface area contributed by atoms with E-state index in [0.717, 1.165) is 14.7 Å². The van der Waals surface area contributed by atoms with Gasteiger partial charge in [0.2, 0.25) is 6.79 Å². The standard InChI is InChI=1S/C24H20ClIN2O5/c1-2-30-22-10-16(9-19(26)23(22)31-13-15-3-6-18(25)7-4-15)12-27-28-24(29)17-5-8-20-21(11-17)33-14-32-20/h3-12H,2,13-14H2,1H3,(H,28,29)/b27-12-. The summed E-state index contributed by atoms with van der Waals surface area (Å²) in [5, 5.41) is 4.75. The third-order valence-corrected chi connectivity index (χ3v) is 5.70. The molecule has 7 nitrogen and oxygen atoms in total. The zero-order valence-electron chi connectivity index (χ0n) is 17.6. The van der Waals surface area contributed by atoms with E-state index in [1.807, 2.05) is 43.3 Å². The van der Waals surface area contributed by atoms with Gasteiger partial charge in [-0.1, -0.05) is 23.7 Å². The number of halogens is 2. The van der Waals surface area contributed by atoms with Gasteiger partial charge < -0.3 is 18.9 Å². The van der Waals surface area contributed by atoms with E-state index in [2.05, 4.69) is 33.1 Å². The summed E-state index contributed by atoms with van der Waals surface area (Å²) in [7, 11) is 0. The molecule has 0 spiro atoms. The Balaban J connectivity index is 1.44. The highest BCUT2D eigenvalue weighted by Crippen LogP contribution is 2.35. The third-order valence-electron chi connectivity index (χ3n) is 4.64. The highest BCUT2D eigenvalue weighted by molar-refractivity contribution is 14.1. The summed E-state index contributed by atoms with van der Waals surface area (Å²) in [5.41, 5.74) is 4.70. The number of carbonyl (C=O) groups excluding carboxylic acids is 1. The fraction of sp³-hybridized carbons (Fsp3) is 0.167. The normalized spacial score (nSPS) is 12.1. The Hall–Kier alpha value is -2.98. The lowest BCUT2D eigenvalue weighted by Crippen LogP contribution is -2.17. The largest absolute Gasteiger partial charge is 0.490 e. The molecule has 0 fully saturated rings. The highest BCUT2D eigenvalue weighted by atomic mass is 127. The van der Waals surface area contributed by atoms with Crippen LogP contribution < -0.4 is 24.4 Å². The number of hydrogen-bond acceptors (Lipinski definition) is 6. The molecule has 0 bridgehead atoms. The summed E-state index contributed by atoms with van der Waals surface area (Å²) in [4.78, 5) is 12.4. The van der Waals surface area contributed by atoms with Gasteiger partial charge >= 0.3 is 0 Å². The Morgan fingerprint density at radius 2 is 1.91 bits per heavy atom. The van der Waals surface area contributed by atoms with E-state index >= 15 is 0 Å². The lowest BCUT2D eigenvalue weighted by Gasteiger charge is -2.15. The van der Waals surface area contributed by atoms with Gasteiger partial charge in [0.05, 0.1) is 16.4 Å². The monoisotopic (exact) mass is 578 g/mol. The second kappa shape index (κ2) is 10.8. The lowest BCUT2D eigenvalue weighted by molar-refractivity contribution is 0.0954. The fourth-order valence-corrected chi connectivity index (χ4v) is 3.98. The van der Waals surface area contributed by atoms with E-state index in [4.69, 9.17) is 30.5 Å². The molecule has 9 heteroatoms. The number of nitrogens with one attached hydrogen (secondary N) is 1. The van der Waals surface area contributed by atoms with Crippen molar-refractivity contribution >= 4 is 46.3 Å². The minimum Gasteiger partial charge on any atom is -0.490 e. The zero-order chi connectivity index (χ0) is 23.2. The Morgan fingerprint density at radius 1 is 1.12 bits per heavy atom. The molecule has 0 atom stereocenters. The molecule has 0 saturated carbocycles. The van der Waals surface area contributed by atoms with Crippen LogP contribution in [0.1, 0.15) is 28.4 Å². The summed E-state index contributed by atoms with van der Waals surface area (Å²) < 4.78 is 23.2. The Labute approximate surface area is 209 Å². The van der Waals surface area contributed by atoms with E-state index in [-0.39, 0.29) is 12.7 Å². The Kier molecular flexibility index (Phi) is 7.56. The molecule has 170 valence electrons. The van der Waals surface area contributed by atoms with Gasteiger partial charge in [0.25, 0.3) is 5.91 Å². The number of benzene rings is 3. The molecule has 1 amide bonds. The number of rotatable bonds is 8. The van der Waals surface area contributed by atoms with Gasteiger partial charge in [0, 0.05) is 10.6 Å². The molecule has 1 N–H and O–H groups in total. The van der Waals surface area contributed by atoms with Crippen molar-refractivity contribution in [2.45, 2.75) is 13.5 Å². The number of carbonyl (C=O) groups is 1. The quantitative estimate of drug-likeness (QED) is 0.220. The van der Waals surface area contributed by atoms with Crippen LogP contribution in [0.15, 0.2) is 59.7 Å². The predicted molar refractivity (Wildman–Crippen MR) is 134 cm³/mol. The first-order valence-electron chi connectivity index (χ1n) is 10.1. The third kappa shape index (κ3) is 5.88. The highest BCUT2D eigenvalue weighted by Gasteiger charge is 2.16. The fourth-order valence-electron chi connectivity index (χ4n) is 3.07. The number of amides is 1. The number of nitrogens with zero attached hydrogens (tertiary/aromatic N) is 1. The van der Waals surface area contributed by atoms with Crippen molar-refractivity contribution < 1.29 is 23.7 Å². The van der Waals surface area contributed by atoms with E-state index in [1.165, 1.54) is 0 Å². The molecule has 0 unspecified atom stereocenters. The van der Waals surface area contributed by atoms with Crippen LogP contribution in [0.3, 0.4) is 0 Å². The molecule has 0 saturated heterocycles. The molecule has 3 aromatic rings. The van der Waals surface area contributed by atoms with E-state index in [9.17, 15) is 4.79 Å². The summed E-state index contributed by atoms with van der Waals surface area (Å²) in [6.45, 7) is 2.92. The van der Waals surface area contributed by atoms with Crippen molar-refractivity contribution in [3.63, 3.8) is 0 Å². The average Bonchev–Trinajstić information content (AvgIpc) is 3.28. The molecular weight excluding hydrogens is 559 g/mol. The van der Waals surface area contributed by atoms with Gasteiger partial charge in [-0.05, 0) is 83.1 Å². The lowest BCUT2D eigenvalue weighted by atomic mass is 10.2. The van der Waals surface area contributed by atoms with Crippen LogP contribution in [0.25, 0.3) is 0 Å². The first-order chi connectivity index (χ1) is 16.0. The minimum atomic E-state index is -0.354. The van der Waals surface area contributed by atoms with Gasteiger partial charge in [0.15, 0.2) is 23.0 Å². The van der Waals surface area contributed by atoms with Crippen LogP contribution in [-0.4, -0.2) is 25.5 Å². The van der Waals surface area contributed by atoms with E-state index in [0.29, 0.717) is 46.8 Å². The maximum atomic E-state index is 12.4. The molecule has 4 rings (SSSR count). The molecule has 1 heterocycles. The van der Waals surface area contributed by atoms with Crippen molar-refractivity contribution in [1.82, 2.24) is 5.43 Å². The molecule has 33 heavy (non-hydrogen) atoms. The molecule has 1 aliphatic rings. The van der Waals surface area contributed by atoms with Gasteiger partial charge in [-0.2, -0.15) is 5.10 Å². The Bertz CT molecular complexity index is 1180. The first kappa shape index (κ1) is 23.2. The van der Waals surface area contributed by atoms with E-state index in [1.54, 1.807) is 24.4 Å². The topological polar surface area (TPSA) is 78.4 Å². The minimum absolute atomic E-state index is 0.152. The second-order valence-corrected chi connectivity index (χ2v) is 8.54. The van der Waals surface area contributed by atoms with Crippen LogP contribution in [0, 0.1) is 3.57 Å². The number of ether oxygens (including phenoxy) is 4. The molecule has 0 radical (unpaired) electrons. The number of fused-ring (bicyclic) bond motifs is 1. The van der Waals surface area contributed by atoms with Gasteiger partial charge in [-0.3, -0.25) is 4.79 Å². The zero-order valence-corrected chi connectivity index (χ0v) is 20.6. The summed E-state index contributed by atoms with van der Waals surface area (Å²) in [6.07, 6.45) is 1.55. The molecule has 0 aromatic heterocycles. The average molecular weight is 579 g/mol. The number of hydrogen-bond donors (Lipinski definition) is 1. The second-order valence-electron chi connectivity index (χ2n) is 6.95. The van der Waals surface area contributed by atoms with Crippen LogP contribution in [0.4, 0.5) is 0 Å². The summed E-state index contributed by atoms with van der Waals surface area (Å²) >= 11 is 8.13. The van der Waals surface area contributed by atoms with Crippen LogP contribution in [0.2, 0.25) is 5.02 Å². The van der Waals surface area contributed by atoms with Crippen molar-refractivity contribution in [3.8, 4) is 23.0 Å².